The number of pyridine rings is 1. The monoisotopic (exact) mass is 263 g/mol. The van der Waals surface area contributed by atoms with E-state index in [1.165, 1.54) is 12.3 Å². The first-order chi connectivity index (χ1) is 8.66. The molecule has 0 atom stereocenters. The Balaban J connectivity index is 2.18. The molecule has 92 valence electrons. The van der Waals surface area contributed by atoms with Crippen LogP contribution in [0.15, 0.2) is 42.6 Å². The summed E-state index contributed by atoms with van der Waals surface area (Å²) in [6.45, 7) is 0.267. The van der Waals surface area contributed by atoms with E-state index in [1.807, 2.05) is 30.3 Å². The molecule has 0 spiro atoms. The molecule has 0 amide bonds. The average molecular weight is 264 g/mol. The number of carboxylic acids is 1. The maximum Gasteiger partial charge on any atom is 0.358 e. The molecule has 18 heavy (non-hydrogen) atoms. The minimum absolute atomic E-state index is 0.143. The SMILES string of the molecule is O=C(O)c1ncc(Cl)cc1OCc1ccccc1. The van der Waals surface area contributed by atoms with E-state index in [2.05, 4.69) is 4.98 Å². The summed E-state index contributed by atoms with van der Waals surface area (Å²) in [6.07, 6.45) is 1.28. The zero-order chi connectivity index (χ0) is 13.0. The van der Waals surface area contributed by atoms with Crippen LogP contribution >= 0.6 is 11.6 Å². The van der Waals surface area contributed by atoms with E-state index in [0.29, 0.717) is 5.02 Å². The van der Waals surface area contributed by atoms with Crippen molar-refractivity contribution in [2.24, 2.45) is 0 Å². The highest BCUT2D eigenvalue weighted by Crippen LogP contribution is 2.22. The van der Waals surface area contributed by atoms with Crippen molar-refractivity contribution in [2.45, 2.75) is 6.61 Å². The topological polar surface area (TPSA) is 59.4 Å². The number of carbonyl (C=O) groups is 1. The van der Waals surface area contributed by atoms with Crippen LogP contribution in [0.2, 0.25) is 5.02 Å². The van der Waals surface area contributed by atoms with Crippen LogP contribution in [-0.2, 0) is 6.61 Å². The largest absolute Gasteiger partial charge is 0.486 e. The first-order valence-corrected chi connectivity index (χ1v) is 5.60. The van der Waals surface area contributed by atoms with Crippen molar-refractivity contribution in [3.8, 4) is 5.75 Å². The molecule has 0 fully saturated rings. The fraction of sp³-hybridized carbons (Fsp3) is 0.0769. The molecule has 1 aromatic carbocycles. The molecule has 1 aromatic heterocycles. The van der Waals surface area contributed by atoms with Gasteiger partial charge in [-0.1, -0.05) is 41.9 Å². The molecule has 1 N–H and O–H groups in total. The third-order valence-corrected chi connectivity index (χ3v) is 2.47. The number of ether oxygens (including phenoxy) is 1. The van der Waals surface area contributed by atoms with Crippen molar-refractivity contribution in [3.05, 3.63) is 58.9 Å². The molecule has 0 radical (unpaired) electrons. The molecule has 0 aliphatic carbocycles. The van der Waals surface area contributed by atoms with Gasteiger partial charge in [0.25, 0.3) is 0 Å². The van der Waals surface area contributed by atoms with E-state index in [4.69, 9.17) is 21.4 Å². The number of nitrogens with zero attached hydrogens (tertiary/aromatic N) is 1. The Morgan fingerprint density at radius 1 is 1.33 bits per heavy atom. The Labute approximate surface area is 109 Å². The van der Waals surface area contributed by atoms with Crippen LogP contribution in [0.1, 0.15) is 16.1 Å². The Bertz CT molecular complexity index is 557. The van der Waals surface area contributed by atoms with E-state index >= 15 is 0 Å². The lowest BCUT2D eigenvalue weighted by atomic mass is 10.2. The van der Waals surface area contributed by atoms with Crippen LogP contribution in [0.5, 0.6) is 5.75 Å². The molecule has 1 heterocycles. The molecule has 0 aliphatic heterocycles. The fourth-order valence-corrected chi connectivity index (χ4v) is 1.57. The highest BCUT2D eigenvalue weighted by molar-refractivity contribution is 6.30. The fourth-order valence-electron chi connectivity index (χ4n) is 1.43. The predicted octanol–water partition coefficient (Wildman–Crippen LogP) is 3.01. The Kier molecular flexibility index (Phi) is 3.79. The lowest BCUT2D eigenvalue weighted by Gasteiger charge is -2.08. The van der Waals surface area contributed by atoms with Crippen molar-refractivity contribution in [2.75, 3.05) is 0 Å². The van der Waals surface area contributed by atoms with E-state index in [0.717, 1.165) is 5.56 Å². The summed E-state index contributed by atoms with van der Waals surface area (Å²) in [4.78, 5) is 14.7. The minimum Gasteiger partial charge on any atom is -0.486 e. The summed E-state index contributed by atoms with van der Waals surface area (Å²) in [6, 6.07) is 10.9. The number of aromatic nitrogens is 1. The van der Waals surface area contributed by atoms with Gasteiger partial charge in [0.2, 0.25) is 0 Å². The van der Waals surface area contributed by atoms with Gasteiger partial charge in [0.1, 0.15) is 6.61 Å². The van der Waals surface area contributed by atoms with E-state index in [9.17, 15) is 4.79 Å². The number of halogens is 1. The number of hydrogen-bond donors (Lipinski definition) is 1. The molecule has 4 nitrogen and oxygen atoms in total. The number of rotatable bonds is 4. The summed E-state index contributed by atoms with van der Waals surface area (Å²) in [7, 11) is 0. The number of aromatic carboxylic acids is 1. The number of benzene rings is 1. The van der Waals surface area contributed by atoms with Gasteiger partial charge in [-0.25, -0.2) is 9.78 Å². The zero-order valence-electron chi connectivity index (χ0n) is 9.34. The normalized spacial score (nSPS) is 10.1. The maximum atomic E-state index is 11.0. The Hall–Kier alpha value is -2.07. The molecule has 0 saturated carbocycles. The third kappa shape index (κ3) is 2.99. The minimum atomic E-state index is -1.14. The molecule has 0 aliphatic rings. The standard InChI is InChI=1S/C13H10ClNO3/c14-10-6-11(12(13(16)17)15-7-10)18-8-9-4-2-1-3-5-9/h1-7H,8H2,(H,16,17). The van der Waals surface area contributed by atoms with Crippen LogP contribution in [-0.4, -0.2) is 16.1 Å². The summed E-state index contributed by atoms with van der Waals surface area (Å²) in [5.74, 6) is -0.978. The van der Waals surface area contributed by atoms with Crippen molar-refractivity contribution in [1.82, 2.24) is 4.98 Å². The number of hydrogen-bond acceptors (Lipinski definition) is 3. The predicted molar refractivity (Wildman–Crippen MR) is 67.0 cm³/mol. The van der Waals surface area contributed by atoms with E-state index in [-0.39, 0.29) is 18.1 Å². The molecular weight excluding hydrogens is 254 g/mol. The van der Waals surface area contributed by atoms with Gasteiger partial charge in [0.15, 0.2) is 11.4 Å². The van der Waals surface area contributed by atoms with Crippen molar-refractivity contribution in [1.29, 1.82) is 0 Å². The maximum absolute atomic E-state index is 11.0. The van der Waals surface area contributed by atoms with Gasteiger partial charge in [0, 0.05) is 12.3 Å². The highest BCUT2D eigenvalue weighted by atomic mass is 35.5. The summed E-state index contributed by atoms with van der Waals surface area (Å²) < 4.78 is 5.44. The summed E-state index contributed by atoms with van der Waals surface area (Å²) in [5.41, 5.74) is 0.796. The van der Waals surface area contributed by atoms with Gasteiger partial charge in [-0.05, 0) is 5.56 Å². The van der Waals surface area contributed by atoms with Gasteiger partial charge in [-0.15, -0.1) is 0 Å². The lowest BCUT2D eigenvalue weighted by Crippen LogP contribution is -2.05. The highest BCUT2D eigenvalue weighted by Gasteiger charge is 2.13. The summed E-state index contributed by atoms with van der Waals surface area (Å²) >= 11 is 5.77. The molecule has 0 unspecified atom stereocenters. The Morgan fingerprint density at radius 3 is 2.72 bits per heavy atom. The van der Waals surface area contributed by atoms with Crippen molar-refractivity contribution in [3.63, 3.8) is 0 Å². The van der Waals surface area contributed by atoms with Crippen LogP contribution in [0.4, 0.5) is 0 Å². The average Bonchev–Trinajstić information content (AvgIpc) is 2.37. The second kappa shape index (κ2) is 5.51. The van der Waals surface area contributed by atoms with Crippen molar-refractivity contribution < 1.29 is 14.6 Å². The molecule has 2 rings (SSSR count). The molecule has 0 saturated heterocycles. The van der Waals surface area contributed by atoms with Gasteiger partial charge in [-0.3, -0.25) is 0 Å². The van der Waals surface area contributed by atoms with Crippen LogP contribution in [0, 0.1) is 0 Å². The van der Waals surface area contributed by atoms with Crippen LogP contribution in [0.25, 0.3) is 0 Å². The van der Waals surface area contributed by atoms with Gasteiger partial charge < -0.3 is 9.84 Å². The van der Waals surface area contributed by atoms with E-state index in [1.54, 1.807) is 0 Å². The van der Waals surface area contributed by atoms with Crippen LogP contribution < -0.4 is 4.74 Å². The zero-order valence-corrected chi connectivity index (χ0v) is 10.1. The van der Waals surface area contributed by atoms with Crippen LogP contribution in [0.3, 0.4) is 0 Å². The first kappa shape index (κ1) is 12.4. The van der Waals surface area contributed by atoms with Crippen molar-refractivity contribution >= 4 is 17.6 Å². The second-order valence-corrected chi connectivity index (χ2v) is 4.02. The molecule has 5 heteroatoms. The molecular formula is C13H10ClNO3. The molecule has 2 aromatic rings. The first-order valence-electron chi connectivity index (χ1n) is 5.22. The smallest absolute Gasteiger partial charge is 0.358 e. The summed E-state index contributed by atoms with van der Waals surface area (Å²) in [5, 5.41) is 9.30. The molecule has 0 bridgehead atoms. The Morgan fingerprint density at radius 2 is 2.06 bits per heavy atom. The third-order valence-electron chi connectivity index (χ3n) is 2.26. The number of carboxylic acid groups (broad SMARTS) is 1. The van der Waals surface area contributed by atoms with Gasteiger partial charge >= 0.3 is 5.97 Å². The van der Waals surface area contributed by atoms with Gasteiger partial charge in [-0.2, -0.15) is 0 Å². The van der Waals surface area contributed by atoms with E-state index < -0.39 is 5.97 Å². The quantitative estimate of drug-likeness (QED) is 0.921. The second-order valence-electron chi connectivity index (χ2n) is 3.58. The van der Waals surface area contributed by atoms with Gasteiger partial charge in [0.05, 0.1) is 5.02 Å². The lowest BCUT2D eigenvalue weighted by molar-refractivity contribution is 0.0685.